The maximum absolute atomic E-state index is 12.5. The lowest BCUT2D eigenvalue weighted by Crippen LogP contribution is -2.34. The van der Waals surface area contributed by atoms with Gasteiger partial charge in [0, 0.05) is 17.8 Å². The molecule has 0 spiro atoms. The van der Waals surface area contributed by atoms with Gasteiger partial charge in [0.15, 0.2) is 0 Å². The molecule has 0 aliphatic carbocycles. The van der Waals surface area contributed by atoms with Crippen molar-refractivity contribution in [2.45, 2.75) is 18.9 Å². The number of anilines is 1. The first-order valence-electron chi connectivity index (χ1n) is 8.79. The minimum Gasteiger partial charge on any atom is -0.366 e. The van der Waals surface area contributed by atoms with Crippen LogP contribution in [0.3, 0.4) is 0 Å². The highest BCUT2D eigenvalue weighted by molar-refractivity contribution is 6.07. The van der Waals surface area contributed by atoms with Gasteiger partial charge >= 0.3 is 6.03 Å². The van der Waals surface area contributed by atoms with E-state index in [1.807, 2.05) is 30.3 Å². The number of primary amides is 1. The van der Waals surface area contributed by atoms with Crippen molar-refractivity contribution in [3.63, 3.8) is 0 Å². The number of imide groups is 1. The zero-order valence-electron chi connectivity index (χ0n) is 15.1. The van der Waals surface area contributed by atoms with E-state index in [2.05, 4.69) is 10.6 Å². The second-order valence-electron chi connectivity index (χ2n) is 6.42. The molecule has 8 heteroatoms. The number of amides is 5. The molecule has 0 aromatic heterocycles. The molecule has 1 heterocycles. The molecule has 1 saturated heterocycles. The molecule has 28 heavy (non-hydrogen) atoms. The Bertz CT molecular complexity index is 896. The predicted octanol–water partition coefficient (Wildman–Crippen LogP) is 1.28. The van der Waals surface area contributed by atoms with Crippen LogP contribution in [0.2, 0.25) is 0 Å². The molecule has 0 saturated carbocycles. The van der Waals surface area contributed by atoms with Gasteiger partial charge in [-0.3, -0.25) is 19.3 Å². The van der Waals surface area contributed by atoms with Crippen molar-refractivity contribution in [3.8, 4) is 0 Å². The van der Waals surface area contributed by atoms with Gasteiger partial charge in [-0.15, -0.1) is 0 Å². The number of carbonyl (C=O) groups is 4. The van der Waals surface area contributed by atoms with Gasteiger partial charge in [0.05, 0.1) is 6.42 Å². The van der Waals surface area contributed by atoms with Gasteiger partial charge in [-0.05, 0) is 36.2 Å². The zero-order chi connectivity index (χ0) is 20.1. The number of hydrogen-bond donors (Lipinski definition) is 3. The Hall–Kier alpha value is -3.68. The molecule has 5 amide bonds. The second-order valence-corrected chi connectivity index (χ2v) is 6.42. The molecule has 4 N–H and O–H groups in total. The molecule has 1 aliphatic rings. The summed E-state index contributed by atoms with van der Waals surface area (Å²) in [6.45, 7) is 0.251. The van der Waals surface area contributed by atoms with Crippen LogP contribution in [0, 0.1) is 0 Å². The highest BCUT2D eigenvalue weighted by atomic mass is 16.2. The molecule has 0 radical (unpaired) electrons. The summed E-state index contributed by atoms with van der Waals surface area (Å²) in [6, 6.07) is 14.2. The quantitative estimate of drug-likeness (QED) is 0.626. The van der Waals surface area contributed by atoms with E-state index >= 15 is 0 Å². The van der Waals surface area contributed by atoms with Gasteiger partial charge in [0.2, 0.25) is 11.8 Å². The number of hydrogen-bond acceptors (Lipinski definition) is 4. The first kappa shape index (κ1) is 19.1. The fourth-order valence-corrected chi connectivity index (χ4v) is 2.93. The van der Waals surface area contributed by atoms with Gasteiger partial charge < -0.3 is 16.4 Å². The van der Waals surface area contributed by atoms with Crippen LogP contribution in [-0.2, 0) is 16.0 Å². The van der Waals surface area contributed by atoms with Gasteiger partial charge in [-0.1, -0.05) is 30.3 Å². The molecule has 2 aromatic carbocycles. The lowest BCUT2D eigenvalue weighted by molar-refractivity contribution is -0.129. The molecule has 1 atom stereocenters. The third-order valence-corrected chi connectivity index (χ3v) is 4.42. The third kappa shape index (κ3) is 4.53. The summed E-state index contributed by atoms with van der Waals surface area (Å²) in [5, 5.41) is 5.18. The average Bonchev–Trinajstić information content (AvgIpc) is 2.94. The smallest absolute Gasteiger partial charge is 0.324 e. The Morgan fingerprint density at radius 3 is 2.36 bits per heavy atom. The summed E-state index contributed by atoms with van der Waals surface area (Å²) in [7, 11) is 0. The highest BCUT2D eigenvalue weighted by Crippen LogP contribution is 2.14. The number of nitrogens with zero attached hydrogens (tertiary/aromatic N) is 1. The number of benzene rings is 2. The molecule has 1 aliphatic heterocycles. The van der Waals surface area contributed by atoms with Crippen molar-refractivity contribution in [1.82, 2.24) is 10.2 Å². The monoisotopic (exact) mass is 380 g/mol. The summed E-state index contributed by atoms with van der Waals surface area (Å²) in [6.07, 6.45) is 0.370. The SMILES string of the molecule is NC(=O)c1ccc(NC(=O)C[C@H]2NC(=O)N(CCc3ccccc3)C2=O)cc1. The van der Waals surface area contributed by atoms with Crippen molar-refractivity contribution in [3.05, 3.63) is 65.7 Å². The number of nitrogens with two attached hydrogens (primary N) is 1. The number of carbonyl (C=O) groups excluding carboxylic acids is 4. The lowest BCUT2D eigenvalue weighted by Gasteiger charge is -2.13. The molecule has 144 valence electrons. The molecular formula is C20H20N4O4. The average molecular weight is 380 g/mol. The van der Waals surface area contributed by atoms with Crippen LogP contribution < -0.4 is 16.4 Å². The minimum atomic E-state index is -0.895. The summed E-state index contributed by atoms with van der Waals surface area (Å²) >= 11 is 0. The summed E-state index contributed by atoms with van der Waals surface area (Å²) in [5.41, 5.74) is 6.98. The Morgan fingerprint density at radius 2 is 1.71 bits per heavy atom. The number of nitrogens with one attached hydrogen (secondary N) is 2. The Balaban J connectivity index is 1.54. The van der Waals surface area contributed by atoms with Crippen LogP contribution in [0.25, 0.3) is 0 Å². The Morgan fingerprint density at radius 1 is 1.04 bits per heavy atom. The van der Waals surface area contributed by atoms with E-state index in [0.29, 0.717) is 17.7 Å². The van der Waals surface area contributed by atoms with Crippen molar-refractivity contribution in [2.75, 3.05) is 11.9 Å². The lowest BCUT2D eigenvalue weighted by atomic mass is 10.1. The van der Waals surface area contributed by atoms with Gasteiger partial charge in [0.1, 0.15) is 6.04 Å². The fraction of sp³-hybridized carbons (Fsp3) is 0.200. The maximum atomic E-state index is 12.5. The number of rotatable bonds is 7. The van der Waals surface area contributed by atoms with Crippen LogP contribution in [-0.4, -0.2) is 41.2 Å². The van der Waals surface area contributed by atoms with Gasteiger partial charge in [-0.2, -0.15) is 0 Å². The Kier molecular flexibility index (Phi) is 5.69. The van der Waals surface area contributed by atoms with Gasteiger partial charge in [0.25, 0.3) is 5.91 Å². The third-order valence-electron chi connectivity index (χ3n) is 4.42. The van der Waals surface area contributed by atoms with Crippen molar-refractivity contribution in [1.29, 1.82) is 0 Å². The van der Waals surface area contributed by atoms with Gasteiger partial charge in [-0.25, -0.2) is 4.79 Å². The van der Waals surface area contributed by atoms with E-state index in [0.717, 1.165) is 10.5 Å². The molecular weight excluding hydrogens is 360 g/mol. The predicted molar refractivity (Wildman–Crippen MR) is 102 cm³/mol. The molecule has 2 aromatic rings. The van der Waals surface area contributed by atoms with E-state index in [4.69, 9.17) is 5.73 Å². The normalized spacial score (nSPS) is 16.0. The molecule has 1 fully saturated rings. The highest BCUT2D eigenvalue weighted by Gasteiger charge is 2.38. The fourth-order valence-electron chi connectivity index (χ4n) is 2.93. The number of urea groups is 1. The summed E-state index contributed by atoms with van der Waals surface area (Å²) < 4.78 is 0. The van der Waals surface area contributed by atoms with Crippen LogP contribution in [0.1, 0.15) is 22.3 Å². The minimum absolute atomic E-state index is 0.177. The van der Waals surface area contributed by atoms with E-state index in [1.165, 1.54) is 12.1 Å². The van der Waals surface area contributed by atoms with Crippen molar-refractivity contribution < 1.29 is 19.2 Å². The first-order chi connectivity index (χ1) is 13.4. The van der Waals surface area contributed by atoms with E-state index in [-0.39, 0.29) is 13.0 Å². The van der Waals surface area contributed by atoms with Crippen LogP contribution >= 0.6 is 0 Å². The Labute approximate surface area is 161 Å². The van der Waals surface area contributed by atoms with Crippen LogP contribution in [0.15, 0.2) is 54.6 Å². The molecule has 3 rings (SSSR count). The molecule has 0 bridgehead atoms. The molecule has 0 unspecified atom stereocenters. The largest absolute Gasteiger partial charge is 0.366 e. The van der Waals surface area contributed by atoms with Crippen molar-refractivity contribution >= 4 is 29.4 Å². The van der Waals surface area contributed by atoms with E-state index in [9.17, 15) is 19.2 Å². The van der Waals surface area contributed by atoms with Crippen LogP contribution in [0.4, 0.5) is 10.5 Å². The van der Waals surface area contributed by atoms with Crippen LogP contribution in [0.5, 0.6) is 0 Å². The standard InChI is InChI=1S/C20H20N4O4/c21-18(26)14-6-8-15(9-7-14)22-17(25)12-16-19(27)24(20(28)23-16)11-10-13-4-2-1-3-5-13/h1-9,16H,10-12H2,(H2,21,26)(H,22,25)(H,23,28)/t16-/m1/s1. The van der Waals surface area contributed by atoms with E-state index in [1.54, 1.807) is 12.1 Å². The topological polar surface area (TPSA) is 122 Å². The second kappa shape index (κ2) is 8.34. The van der Waals surface area contributed by atoms with E-state index < -0.39 is 29.8 Å². The first-order valence-corrected chi connectivity index (χ1v) is 8.79. The maximum Gasteiger partial charge on any atom is 0.324 e. The van der Waals surface area contributed by atoms with Crippen molar-refractivity contribution in [2.24, 2.45) is 5.73 Å². The summed E-state index contributed by atoms with van der Waals surface area (Å²) in [5.74, 6) is -1.40. The summed E-state index contributed by atoms with van der Waals surface area (Å²) in [4.78, 5) is 48.9. The molecule has 8 nitrogen and oxygen atoms in total. The zero-order valence-corrected chi connectivity index (χ0v) is 15.1.